The van der Waals surface area contributed by atoms with E-state index in [0.29, 0.717) is 29.1 Å². The summed E-state index contributed by atoms with van der Waals surface area (Å²) in [4.78, 5) is 36.3. The van der Waals surface area contributed by atoms with E-state index in [0.717, 1.165) is 24.8 Å². The van der Waals surface area contributed by atoms with Crippen molar-refractivity contribution in [1.82, 2.24) is 5.32 Å². The van der Waals surface area contributed by atoms with Crippen molar-refractivity contribution in [2.75, 3.05) is 15.9 Å². The van der Waals surface area contributed by atoms with Crippen molar-refractivity contribution in [1.29, 1.82) is 0 Å². The number of aryl methyl sites for hydroxylation is 1. The Morgan fingerprint density at radius 2 is 1.68 bits per heavy atom. The molecule has 38 heavy (non-hydrogen) atoms. The minimum absolute atomic E-state index is 0.0312. The van der Waals surface area contributed by atoms with Crippen molar-refractivity contribution in [3.05, 3.63) is 89.5 Å². The van der Waals surface area contributed by atoms with Gasteiger partial charge in [0.15, 0.2) is 0 Å². The SMILES string of the molecule is O=C1CCC(c2cccc(NS(=O)(=O)c3cccc(NC(=O)c4ccc(CCCCCl)cc4)c3)c2)C(=O)N1. The second-order valence-corrected chi connectivity index (χ2v) is 11.1. The van der Waals surface area contributed by atoms with Crippen LogP contribution in [0.4, 0.5) is 11.4 Å². The fourth-order valence-corrected chi connectivity index (χ4v) is 5.52. The number of halogens is 1. The molecule has 1 atom stereocenters. The molecule has 1 unspecified atom stereocenters. The van der Waals surface area contributed by atoms with Crippen LogP contribution in [0, 0.1) is 0 Å². The van der Waals surface area contributed by atoms with Crippen LogP contribution in [0.25, 0.3) is 0 Å². The number of sulfonamides is 1. The molecule has 1 aliphatic heterocycles. The topological polar surface area (TPSA) is 121 Å². The molecule has 8 nitrogen and oxygen atoms in total. The van der Waals surface area contributed by atoms with Gasteiger partial charge in [0.1, 0.15) is 0 Å². The molecular formula is C28H28ClN3O5S. The lowest BCUT2D eigenvalue weighted by Gasteiger charge is -2.21. The zero-order valence-electron chi connectivity index (χ0n) is 20.6. The van der Waals surface area contributed by atoms with Gasteiger partial charge >= 0.3 is 0 Å². The van der Waals surface area contributed by atoms with Gasteiger partial charge in [-0.2, -0.15) is 0 Å². The van der Waals surface area contributed by atoms with E-state index in [1.807, 2.05) is 12.1 Å². The predicted octanol–water partition coefficient (Wildman–Crippen LogP) is 4.82. The largest absolute Gasteiger partial charge is 0.322 e. The van der Waals surface area contributed by atoms with Crippen molar-refractivity contribution in [2.45, 2.75) is 42.9 Å². The summed E-state index contributed by atoms with van der Waals surface area (Å²) in [5.74, 6) is -0.970. The molecule has 0 aromatic heterocycles. The number of imide groups is 1. The van der Waals surface area contributed by atoms with Crippen LogP contribution in [-0.2, 0) is 26.0 Å². The molecule has 0 bridgehead atoms. The Hall–Kier alpha value is -3.69. The van der Waals surface area contributed by atoms with Crippen LogP contribution in [-0.4, -0.2) is 32.0 Å². The predicted molar refractivity (Wildman–Crippen MR) is 147 cm³/mol. The van der Waals surface area contributed by atoms with Crippen LogP contribution in [0.2, 0.25) is 0 Å². The number of rotatable bonds is 10. The fraction of sp³-hybridized carbons (Fsp3) is 0.250. The van der Waals surface area contributed by atoms with E-state index in [-0.39, 0.29) is 28.8 Å². The first kappa shape index (κ1) is 27.3. The van der Waals surface area contributed by atoms with Crippen LogP contribution in [0.3, 0.4) is 0 Å². The number of unbranched alkanes of at least 4 members (excludes halogenated alkanes) is 1. The standard InChI is InChI=1S/C28H28ClN3O5S/c29-16-2-1-5-19-10-12-20(13-11-19)27(34)30-22-7-4-9-24(18-22)38(36,37)32-23-8-3-6-21(17-23)25-14-15-26(33)31-28(25)35/h3-4,6-13,17-18,25,32H,1-2,5,14-16H2,(H,30,34)(H,31,33,35). The first-order chi connectivity index (χ1) is 18.2. The minimum Gasteiger partial charge on any atom is -0.322 e. The highest BCUT2D eigenvalue weighted by atomic mass is 35.5. The smallest absolute Gasteiger partial charge is 0.261 e. The highest BCUT2D eigenvalue weighted by Crippen LogP contribution is 2.28. The molecule has 0 saturated carbocycles. The fourth-order valence-electron chi connectivity index (χ4n) is 4.24. The van der Waals surface area contributed by atoms with Gasteiger partial charge in [-0.25, -0.2) is 8.42 Å². The summed E-state index contributed by atoms with van der Waals surface area (Å²) in [6, 6.07) is 19.8. The molecule has 3 amide bonds. The molecule has 0 radical (unpaired) electrons. The van der Waals surface area contributed by atoms with Gasteiger partial charge in [0, 0.05) is 29.2 Å². The maximum Gasteiger partial charge on any atom is 0.261 e. The normalized spacial score (nSPS) is 15.6. The molecule has 1 fully saturated rings. The number of carbonyl (C=O) groups is 3. The highest BCUT2D eigenvalue weighted by molar-refractivity contribution is 7.92. The number of nitrogens with one attached hydrogen (secondary N) is 3. The van der Waals surface area contributed by atoms with E-state index in [4.69, 9.17) is 11.6 Å². The summed E-state index contributed by atoms with van der Waals surface area (Å²) >= 11 is 5.72. The van der Waals surface area contributed by atoms with E-state index in [1.165, 1.54) is 12.1 Å². The average molecular weight is 554 g/mol. The van der Waals surface area contributed by atoms with Crippen LogP contribution in [0.15, 0.2) is 77.7 Å². The van der Waals surface area contributed by atoms with Gasteiger partial charge < -0.3 is 5.32 Å². The summed E-state index contributed by atoms with van der Waals surface area (Å²) in [5.41, 5.74) is 2.81. The second-order valence-electron chi connectivity index (χ2n) is 9.06. The average Bonchev–Trinajstić information content (AvgIpc) is 2.89. The quantitative estimate of drug-likeness (QED) is 0.189. The van der Waals surface area contributed by atoms with Crippen molar-refractivity contribution >= 4 is 50.7 Å². The van der Waals surface area contributed by atoms with Gasteiger partial charge in [0.2, 0.25) is 11.8 Å². The molecule has 1 saturated heterocycles. The Morgan fingerprint density at radius 1 is 0.947 bits per heavy atom. The summed E-state index contributed by atoms with van der Waals surface area (Å²) in [5, 5.41) is 5.06. The number of hydrogen-bond donors (Lipinski definition) is 3. The Morgan fingerprint density at radius 3 is 2.42 bits per heavy atom. The summed E-state index contributed by atoms with van der Waals surface area (Å²) in [7, 11) is -3.99. The number of hydrogen-bond acceptors (Lipinski definition) is 5. The second kappa shape index (κ2) is 12.2. The minimum atomic E-state index is -3.99. The van der Waals surface area contributed by atoms with Crippen molar-refractivity contribution in [3.63, 3.8) is 0 Å². The third-order valence-electron chi connectivity index (χ3n) is 6.25. The zero-order valence-corrected chi connectivity index (χ0v) is 22.1. The van der Waals surface area contributed by atoms with Gasteiger partial charge in [-0.15, -0.1) is 11.6 Å². The van der Waals surface area contributed by atoms with Crippen molar-refractivity contribution < 1.29 is 22.8 Å². The van der Waals surface area contributed by atoms with Crippen LogP contribution in [0.5, 0.6) is 0 Å². The Kier molecular flexibility index (Phi) is 8.81. The summed E-state index contributed by atoms with van der Waals surface area (Å²) in [6.07, 6.45) is 3.38. The highest BCUT2D eigenvalue weighted by Gasteiger charge is 2.28. The van der Waals surface area contributed by atoms with Crippen molar-refractivity contribution in [2.24, 2.45) is 0 Å². The number of amides is 3. The van der Waals surface area contributed by atoms with Gasteiger partial charge in [0.25, 0.3) is 15.9 Å². The molecule has 1 heterocycles. The lowest BCUT2D eigenvalue weighted by atomic mass is 9.90. The Bertz CT molecular complexity index is 1440. The molecule has 198 valence electrons. The summed E-state index contributed by atoms with van der Waals surface area (Å²) < 4.78 is 28.7. The molecular weight excluding hydrogens is 526 g/mol. The monoisotopic (exact) mass is 553 g/mol. The van der Waals surface area contributed by atoms with Crippen LogP contribution in [0.1, 0.15) is 53.1 Å². The van der Waals surface area contributed by atoms with Crippen LogP contribution < -0.4 is 15.4 Å². The van der Waals surface area contributed by atoms with Crippen molar-refractivity contribution in [3.8, 4) is 0 Å². The first-order valence-electron chi connectivity index (χ1n) is 12.3. The van der Waals surface area contributed by atoms with E-state index < -0.39 is 21.8 Å². The third kappa shape index (κ3) is 6.99. The maximum atomic E-state index is 13.1. The summed E-state index contributed by atoms with van der Waals surface area (Å²) in [6.45, 7) is 0. The molecule has 3 aromatic carbocycles. The maximum absolute atomic E-state index is 13.1. The van der Waals surface area contributed by atoms with E-state index in [9.17, 15) is 22.8 Å². The number of carbonyl (C=O) groups excluding carboxylic acids is 3. The number of alkyl halides is 1. The molecule has 0 spiro atoms. The van der Waals surface area contributed by atoms with Crippen LogP contribution >= 0.6 is 11.6 Å². The molecule has 10 heteroatoms. The lowest BCUT2D eigenvalue weighted by molar-refractivity contribution is -0.134. The van der Waals surface area contributed by atoms with Gasteiger partial charge in [-0.3, -0.25) is 24.4 Å². The third-order valence-corrected chi connectivity index (χ3v) is 7.89. The number of piperidine rings is 1. The molecule has 3 N–H and O–H groups in total. The number of benzene rings is 3. The van der Waals surface area contributed by atoms with Gasteiger partial charge in [0.05, 0.1) is 10.8 Å². The Labute approximate surface area is 226 Å². The molecule has 4 rings (SSSR count). The van der Waals surface area contributed by atoms with E-state index in [2.05, 4.69) is 15.4 Å². The Balaban J connectivity index is 1.43. The molecule has 1 aliphatic rings. The van der Waals surface area contributed by atoms with E-state index in [1.54, 1.807) is 48.5 Å². The van der Waals surface area contributed by atoms with Gasteiger partial charge in [-0.05, 0) is 79.3 Å². The van der Waals surface area contributed by atoms with E-state index >= 15 is 0 Å². The number of anilines is 2. The molecule has 0 aliphatic carbocycles. The molecule has 3 aromatic rings. The lowest BCUT2D eigenvalue weighted by Crippen LogP contribution is -2.39. The zero-order chi connectivity index (χ0) is 27.1. The van der Waals surface area contributed by atoms with Gasteiger partial charge in [-0.1, -0.05) is 30.3 Å². The first-order valence-corrected chi connectivity index (χ1v) is 14.3.